The van der Waals surface area contributed by atoms with Crippen molar-refractivity contribution in [1.82, 2.24) is 14.9 Å². The third-order valence-electron chi connectivity index (χ3n) is 6.63. The monoisotopic (exact) mass is 462 g/mol. The van der Waals surface area contributed by atoms with Gasteiger partial charge >= 0.3 is 6.09 Å². The number of halogens is 1. The average molecular weight is 463 g/mol. The zero-order valence-electron chi connectivity index (χ0n) is 17.9. The summed E-state index contributed by atoms with van der Waals surface area (Å²) in [4.78, 5) is 47.0. The Morgan fingerprint density at radius 3 is 2.34 bits per heavy atom. The van der Waals surface area contributed by atoms with Gasteiger partial charge in [-0.05, 0) is 30.5 Å². The van der Waals surface area contributed by atoms with Crippen molar-refractivity contribution in [1.29, 1.82) is 0 Å². The Hall–Kier alpha value is -2.36. The van der Waals surface area contributed by atoms with Gasteiger partial charge in [-0.15, -0.1) is 5.06 Å². The molecule has 32 heavy (non-hydrogen) atoms. The molecule has 5 rings (SSSR count). The Balaban J connectivity index is 1.19. The standard InChI is InChI=1S/C22H27ClN4O5/c23-16-2-1-15(19(11-16)26-13-17-3-4-18(14-26)31-17)12-24-7-9-25(10-8-24)22(30)32-27-20(28)5-6-21(27)29/h1-2,11,17-18H,3-10,12-14H2. The highest BCUT2D eigenvalue weighted by molar-refractivity contribution is 6.30. The summed E-state index contributed by atoms with van der Waals surface area (Å²) < 4.78 is 5.98. The minimum atomic E-state index is -0.649. The van der Waals surface area contributed by atoms with Crippen LogP contribution in [0, 0.1) is 0 Å². The largest absolute Gasteiger partial charge is 0.434 e. The van der Waals surface area contributed by atoms with Crippen molar-refractivity contribution >= 4 is 35.2 Å². The molecule has 4 aliphatic heterocycles. The van der Waals surface area contributed by atoms with Gasteiger partial charge in [-0.3, -0.25) is 14.5 Å². The summed E-state index contributed by atoms with van der Waals surface area (Å²) in [6.45, 7) is 4.82. The van der Waals surface area contributed by atoms with E-state index in [1.807, 2.05) is 12.1 Å². The number of amides is 3. The van der Waals surface area contributed by atoms with Crippen molar-refractivity contribution in [3.8, 4) is 0 Å². The molecule has 0 aliphatic carbocycles. The fraction of sp³-hybridized carbons (Fsp3) is 0.591. The molecule has 0 saturated carbocycles. The highest BCUT2D eigenvalue weighted by Crippen LogP contribution is 2.33. The van der Waals surface area contributed by atoms with Gasteiger partial charge in [-0.2, -0.15) is 0 Å². The number of imide groups is 1. The van der Waals surface area contributed by atoms with Crippen LogP contribution in [-0.4, -0.2) is 84.2 Å². The third-order valence-corrected chi connectivity index (χ3v) is 6.87. The van der Waals surface area contributed by atoms with Crippen molar-refractivity contribution in [3.63, 3.8) is 0 Å². The second-order valence-corrected chi connectivity index (χ2v) is 9.27. The number of piperazine rings is 1. The zero-order chi connectivity index (χ0) is 22.2. The van der Waals surface area contributed by atoms with Gasteiger partial charge in [0.25, 0.3) is 11.8 Å². The van der Waals surface area contributed by atoms with E-state index in [2.05, 4.69) is 15.9 Å². The van der Waals surface area contributed by atoms with Crippen molar-refractivity contribution in [2.75, 3.05) is 44.2 Å². The predicted octanol–water partition coefficient (Wildman–Crippen LogP) is 2.03. The van der Waals surface area contributed by atoms with Crippen LogP contribution in [0.3, 0.4) is 0 Å². The smallest absolute Gasteiger partial charge is 0.371 e. The van der Waals surface area contributed by atoms with E-state index in [1.54, 1.807) is 0 Å². The summed E-state index contributed by atoms with van der Waals surface area (Å²) in [6, 6.07) is 6.05. The average Bonchev–Trinajstić information content (AvgIpc) is 3.30. The van der Waals surface area contributed by atoms with E-state index in [1.165, 1.54) is 10.5 Å². The number of rotatable bonds is 4. The molecule has 2 atom stereocenters. The minimum absolute atomic E-state index is 0.0912. The van der Waals surface area contributed by atoms with Gasteiger partial charge in [0.15, 0.2) is 0 Å². The lowest BCUT2D eigenvalue weighted by atomic mass is 10.1. The maximum Gasteiger partial charge on any atom is 0.434 e. The molecule has 2 bridgehead atoms. The van der Waals surface area contributed by atoms with Crippen LogP contribution in [0.4, 0.5) is 10.5 Å². The quantitative estimate of drug-likeness (QED) is 0.633. The summed E-state index contributed by atoms with van der Waals surface area (Å²) in [6.07, 6.45) is 2.35. The molecule has 10 heteroatoms. The van der Waals surface area contributed by atoms with E-state index in [-0.39, 0.29) is 12.8 Å². The molecule has 4 fully saturated rings. The van der Waals surface area contributed by atoms with Crippen molar-refractivity contribution in [2.24, 2.45) is 0 Å². The van der Waals surface area contributed by atoms with Crippen LogP contribution < -0.4 is 4.90 Å². The zero-order valence-corrected chi connectivity index (χ0v) is 18.6. The van der Waals surface area contributed by atoms with Gasteiger partial charge in [0.1, 0.15) is 0 Å². The summed E-state index contributed by atoms with van der Waals surface area (Å²) in [5, 5.41) is 1.32. The topological polar surface area (TPSA) is 82.6 Å². The number of benzene rings is 1. The SMILES string of the molecule is O=C(ON1C(=O)CCC1=O)N1CCN(Cc2ccc(Cl)cc2N2CC3CCC(C2)O3)CC1. The van der Waals surface area contributed by atoms with Gasteiger partial charge in [0.2, 0.25) is 0 Å². The normalized spacial score (nSPS) is 26.2. The Morgan fingerprint density at radius 2 is 1.69 bits per heavy atom. The fourth-order valence-corrected chi connectivity index (χ4v) is 5.07. The van der Waals surface area contributed by atoms with Crippen molar-refractivity contribution in [2.45, 2.75) is 44.4 Å². The molecule has 0 aromatic heterocycles. The number of anilines is 1. The number of carbonyl (C=O) groups is 3. The van der Waals surface area contributed by atoms with Crippen molar-refractivity contribution in [3.05, 3.63) is 28.8 Å². The van der Waals surface area contributed by atoms with E-state index in [0.717, 1.165) is 43.2 Å². The van der Waals surface area contributed by atoms with Crippen molar-refractivity contribution < 1.29 is 24.0 Å². The predicted molar refractivity (Wildman–Crippen MR) is 116 cm³/mol. The lowest BCUT2D eigenvalue weighted by molar-refractivity contribution is -0.174. The highest BCUT2D eigenvalue weighted by atomic mass is 35.5. The summed E-state index contributed by atoms with van der Waals surface area (Å²) in [5.74, 6) is -0.928. The van der Waals surface area contributed by atoms with E-state index in [4.69, 9.17) is 21.2 Å². The summed E-state index contributed by atoms with van der Waals surface area (Å²) in [7, 11) is 0. The number of ether oxygens (including phenoxy) is 1. The first-order valence-electron chi connectivity index (χ1n) is 11.2. The molecule has 0 radical (unpaired) electrons. The number of hydrogen-bond donors (Lipinski definition) is 0. The fourth-order valence-electron chi connectivity index (χ4n) is 4.90. The van der Waals surface area contributed by atoms with Gasteiger partial charge in [-0.25, -0.2) is 4.79 Å². The number of hydroxylamine groups is 2. The maximum atomic E-state index is 12.4. The lowest BCUT2D eigenvalue weighted by Crippen LogP contribution is -2.50. The van der Waals surface area contributed by atoms with Gasteiger partial charge < -0.3 is 19.4 Å². The van der Waals surface area contributed by atoms with Gasteiger partial charge in [0.05, 0.1) is 12.2 Å². The number of morpholine rings is 1. The van der Waals surface area contributed by atoms with Gasteiger partial charge in [-0.1, -0.05) is 17.7 Å². The molecular weight excluding hydrogens is 436 g/mol. The molecule has 4 heterocycles. The van der Waals surface area contributed by atoms with E-state index in [9.17, 15) is 14.4 Å². The van der Waals surface area contributed by atoms with Crippen LogP contribution >= 0.6 is 11.6 Å². The van der Waals surface area contributed by atoms with Crippen LogP contribution in [0.15, 0.2) is 18.2 Å². The first kappa shape index (κ1) is 21.5. The van der Waals surface area contributed by atoms with Crippen LogP contribution in [0.25, 0.3) is 0 Å². The first-order valence-corrected chi connectivity index (χ1v) is 11.6. The molecular formula is C22H27ClN4O5. The molecule has 2 unspecified atom stereocenters. The minimum Gasteiger partial charge on any atom is -0.371 e. The molecule has 1 aromatic carbocycles. The molecule has 4 saturated heterocycles. The van der Waals surface area contributed by atoms with E-state index < -0.39 is 17.9 Å². The van der Waals surface area contributed by atoms with E-state index >= 15 is 0 Å². The molecule has 1 aromatic rings. The number of carbonyl (C=O) groups excluding carboxylic acids is 3. The van der Waals surface area contributed by atoms with Gasteiger partial charge in [0, 0.05) is 69.4 Å². The van der Waals surface area contributed by atoms with Crippen LogP contribution in [-0.2, 0) is 25.7 Å². The summed E-state index contributed by atoms with van der Waals surface area (Å²) in [5.41, 5.74) is 2.37. The third kappa shape index (κ3) is 4.42. The molecule has 0 spiro atoms. The number of hydrogen-bond acceptors (Lipinski definition) is 7. The number of fused-ring (bicyclic) bond motifs is 2. The Labute approximate surface area is 191 Å². The molecule has 9 nitrogen and oxygen atoms in total. The Kier molecular flexibility index (Phi) is 5.96. The first-order chi connectivity index (χ1) is 15.5. The highest BCUT2D eigenvalue weighted by Gasteiger charge is 2.36. The lowest BCUT2D eigenvalue weighted by Gasteiger charge is -2.37. The van der Waals surface area contributed by atoms with Crippen LogP contribution in [0.1, 0.15) is 31.2 Å². The number of nitrogens with zero attached hydrogens (tertiary/aromatic N) is 4. The van der Waals surface area contributed by atoms with Crippen LogP contribution in [0.2, 0.25) is 5.02 Å². The second-order valence-electron chi connectivity index (χ2n) is 8.84. The molecule has 4 aliphatic rings. The Bertz CT molecular complexity index is 892. The molecule has 3 amide bonds. The Morgan fingerprint density at radius 1 is 1.03 bits per heavy atom. The second kappa shape index (κ2) is 8.88. The van der Waals surface area contributed by atoms with Crippen LogP contribution in [0.5, 0.6) is 0 Å². The summed E-state index contributed by atoms with van der Waals surface area (Å²) >= 11 is 6.33. The maximum absolute atomic E-state index is 12.4. The molecule has 0 N–H and O–H groups in total. The molecule has 172 valence electrons. The van der Waals surface area contributed by atoms with E-state index in [0.29, 0.717) is 43.5 Å².